The van der Waals surface area contributed by atoms with Crippen molar-refractivity contribution in [2.45, 2.75) is 45.1 Å². The highest BCUT2D eigenvalue weighted by atomic mass is 19.1. The minimum Gasteiger partial charge on any atom is -0.482 e. The predicted molar refractivity (Wildman–Crippen MR) is 125 cm³/mol. The second-order valence-electron chi connectivity index (χ2n) is 8.63. The number of nitrogens with one attached hydrogen (secondary N) is 2. The fourth-order valence-electron chi connectivity index (χ4n) is 4.80. The van der Waals surface area contributed by atoms with Crippen molar-refractivity contribution in [1.82, 2.24) is 9.97 Å². The number of esters is 1. The van der Waals surface area contributed by atoms with Gasteiger partial charge in [-0.25, -0.2) is 9.18 Å². The van der Waals surface area contributed by atoms with Crippen molar-refractivity contribution in [3.63, 3.8) is 0 Å². The Labute approximate surface area is 201 Å². The van der Waals surface area contributed by atoms with Gasteiger partial charge in [0.25, 0.3) is 12.0 Å². The van der Waals surface area contributed by atoms with Crippen molar-refractivity contribution in [3.8, 4) is 5.75 Å². The van der Waals surface area contributed by atoms with Crippen LogP contribution in [0, 0.1) is 12.7 Å². The third-order valence-electron chi connectivity index (χ3n) is 6.42. The summed E-state index contributed by atoms with van der Waals surface area (Å²) in [5.74, 6) is 0.0633. The first-order chi connectivity index (χ1) is 16.9. The number of fused-ring (bicyclic) bond motifs is 1. The second-order valence-corrected chi connectivity index (χ2v) is 8.63. The first-order valence-corrected chi connectivity index (χ1v) is 11.7. The summed E-state index contributed by atoms with van der Waals surface area (Å²) in [4.78, 5) is 44.8. The summed E-state index contributed by atoms with van der Waals surface area (Å²) in [6.45, 7) is 5.14. The third-order valence-corrected chi connectivity index (χ3v) is 6.42. The van der Waals surface area contributed by atoms with Gasteiger partial charge >= 0.3 is 5.97 Å². The number of benzene rings is 1. The van der Waals surface area contributed by atoms with E-state index in [0.29, 0.717) is 61.7 Å². The lowest BCUT2D eigenvalue weighted by atomic mass is 9.81. The lowest BCUT2D eigenvalue weighted by Gasteiger charge is -2.41. The molecule has 1 saturated heterocycles. The summed E-state index contributed by atoms with van der Waals surface area (Å²) in [6.07, 6.45) is 2.14. The van der Waals surface area contributed by atoms with Crippen molar-refractivity contribution in [1.29, 1.82) is 0 Å². The Bertz CT molecular complexity index is 1140. The van der Waals surface area contributed by atoms with Crippen molar-refractivity contribution in [2.75, 3.05) is 43.1 Å². The fourth-order valence-corrected chi connectivity index (χ4v) is 4.80. The number of H-pyrrole nitrogens is 1. The number of anilines is 2. The predicted octanol–water partition coefficient (Wildman–Crippen LogP) is 2.19. The van der Waals surface area contributed by atoms with Crippen LogP contribution in [-0.4, -0.2) is 55.3 Å². The maximum atomic E-state index is 15.3. The van der Waals surface area contributed by atoms with Gasteiger partial charge in [-0.2, -0.15) is 4.98 Å². The summed E-state index contributed by atoms with van der Waals surface area (Å²) < 4.78 is 31.0. The number of carbonyl (C=O) groups is 2. The van der Waals surface area contributed by atoms with Gasteiger partial charge in [0, 0.05) is 44.1 Å². The van der Waals surface area contributed by atoms with E-state index in [-0.39, 0.29) is 30.1 Å². The maximum absolute atomic E-state index is 15.3. The van der Waals surface area contributed by atoms with E-state index in [1.165, 1.54) is 6.07 Å². The van der Waals surface area contributed by atoms with Crippen LogP contribution >= 0.6 is 0 Å². The number of ether oxygens (including phenoxy) is 3. The van der Waals surface area contributed by atoms with Gasteiger partial charge in [-0.05, 0) is 38.3 Å². The zero-order valence-corrected chi connectivity index (χ0v) is 19.8. The van der Waals surface area contributed by atoms with Crippen LogP contribution in [0.1, 0.15) is 42.9 Å². The number of aromatic nitrogens is 2. The smallest absolute Gasteiger partial charge is 0.344 e. The molecule has 1 aromatic heterocycles. The summed E-state index contributed by atoms with van der Waals surface area (Å²) in [5, 5.41) is 3.17. The third kappa shape index (κ3) is 5.08. The fraction of sp³-hybridized carbons (Fsp3) is 0.500. The van der Waals surface area contributed by atoms with Gasteiger partial charge in [-0.1, -0.05) is 0 Å². The van der Waals surface area contributed by atoms with E-state index in [1.807, 2.05) is 4.90 Å². The van der Waals surface area contributed by atoms with E-state index < -0.39 is 17.4 Å². The number of nitrogens with zero attached hydrogens (tertiary/aromatic N) is 2. The number of aryl methyl sites for hydroxylation is 1. The zero-order valence-electron chi connectivity index (χ0n) is 19.8. The zero-order chi connectivity index (χ0) is 25.0. The molecule has 0 unspecified atom stereocenters. The molecule has 10 nitrogen and oxygen atoms in total. The van der Waals surface area contributed by atoms with Crippen LogP contribution in [0.4, 0.5) is 16.2 Å². The number of hydrogen-bond donors (Lipinski definition) is 2. The molecule has 35 heavy (non-hydrogen) atoms. The molecule has 188 valence electrons. The van der Waals surface area contributed by atoms with Crippen LogP contribution in [0.2, 0.25) is 0 Å². The Kier molecular flexibility index (Phi) is 7.23. The van der Waals surface area contributed by atoms with Crippen molar-refractivity contribution in [2.24, 2.45) is 0 Å². The van der Waals surface area contributed by atoms with Crippen molar-refractivity contribution in [3.05, 3.63) is 45.0 Å². The SMILES string of the molecule is CCOC(=O)COc1cc(C)c(C2(OC=O)CCN(c3nc4c(c(=O)[nH]3)CCCN4)CC2)c(F)c1. The first-order valence-electron chi connectivity index (χ1n) is 11.7. The van der Waals surface area contributed by atoms with Crippen LogP contribution in [0.3, 0.4) is 0 Å². The van der Waals surface area contributed by atoms with Gasteiger partial charge in [0.2, 0.25) is 5.95 Å². The highest BCUT2D eigenvalue weighted by Crippen LogP contribution is 2.41. The number of rotatable bonds is 8. The lowest BCUT2D eigenvalue weighted by molar-refractivity contribution is -0.148. The van der Waals surface area contributed by atoms with Gasteiger partial charge in [-0.3, -0.25) is 14.6 Å². The highest BCUT2D eigenvalue weighted by Gasteiger charge is 2.42. The molecule has 1 aromatic carbocycles. The summed E-state index contributed by atoms with van der Waals surface area (Å²) in [6, 6.07) is 2.78. The van der Waals surface area contributed by atoms with E-state index in [0.717, 1.165) is 13.0 Å². The number of aromatic amines is 1. The minimum absolute atomic E-state index is 0.168. The summed E-state index contributed by atoms with van der Waals surface area (Å²) >= 11 is 0. The van der Waals surface area contributed by atoms with Crippen LogP contribution in [0.15, 0.2) is 16.9 Å². The number of carbonyl (C=O) groups excluding carboxylic acids is 2. The molecule has 1 fully saturated rings. The number of piperidine rings is 1. The molecular weight excluding hydrogens is 459 g/mol. The minimum atomic E-state index is -1.18. The Morgan fingerprint density at radius 2 is 2.09 bits per heavy atom. The molecular formula is C24H29FN4O6. The van der Waals surface area contributed by atoms with E-state index in [2.05, 4.69) is 15.3 Å². The molecule has 0 atom stereocenters. The molecule has 2 aromatic rings. The average Bonchev–Trinajstić information content (AvgIpc) is 2.83. The quantitative estimate of drug-likeness (QED) is 0.425. The maximum Gasteiger partial charge on any atom is 0.344 e. The lowest BCUT2D eigenvalue weighted by Crippen LogP contribution is -2.46. The highest BCUT2D eigenvalue weighted by molar-refractivity contribution is 5.71. The molecule has 2 N–H and O–H groups in total. The van der Waals surface area contributed by atoms with E-state index in [9.17, 15) is 14.4 Å². The van der Waals surface area contributed by atoms with Gasteiger partial charge in [0.15, 0.2) is 6.61 Å². The number of halogens is 1. The first kappa shape index (κ1) is 24.5. The van der Waals surface area contributed by atoms with Crippen molar-refractivity contribution < 1.29 is 28.2 Å². The van der Waals surface area contributed by atoms with Gasteiger partial charge in [-0.15, -0.1) is 0 Å². The topological polar surface area (TPSA) is 123 Å². The largest absolute Gasteiger partial charge is 0.482 e. The van der Waals surface area contributed by atoms with E-state index in [1.54, 1.807) is 19.9 Å². The Morgan fingerprint density at radius 3 is 2.77 bits per heavy atom. The Balaban J connectivity index is 1.54. The van der Waals surface area contributed by atoms with E-state index >= 15 is 4.39 Å². The monoisotopic (exact) mass is 488 g/mol. The standard InChI is InChI=1S/C24H29FN4O6/c1-3-33-19(31)13-34-16-11-15(2)20(18(25)12-16)24(35-14-30)6-9-29(10-7-24)23-27-21-17(22(32)28-23)5-4-8-26-21/h11-12,14H,3-10,13H2,1-2H3,(H2,26,27,28,32). The average molecular weight is 489 g/mol. The normalized spacial score (nSPS) is 16.6. The van der Waals surface area contributed by atoms with Crippen LogP contribution < -0.4 is 20.5 Å². The molecule has 0 radical (unpaired) electrons. The Morgan fingerprint density at radius 1 is 1.31 bits per heavy atom. The van der Waals surface area contributed by atoms with E-state index in [4.69, 9.17) is 14.2 Å². The molecule has 4 rings (SSSR count). The molecule has 0 bridgehead atoms. The van der Waals surface area contributed by atoms with Crippen LogP contribution in [-0.2, 0) is 31.1 Å². The Hall–Kier alpha value is -3.63. The van der Waals surface area contributed by atoms with Gasteiger partial charge in [0.1, 0.15) is 23.0 Å². The number of hydrogen-bond acceptors (Lipinski definition) is 9. The van der Waals surface area contributed by atoms with Crippen LogP contribution in [0.5, 0.6) is 5.75 Å². The molecule has 11 heteroatoms. The molecule has 0 spiro atoms. The molecule has 0 aliphatic carbocycles. The second kappa shape index (κ2) is 10.3. The van der Waals surface area contributed by atoms with Crippen molar-refractivity contribution >= 4 is 24.2 Å². The summed E-state index contributed by atoms with van der Waals surface area (Å²) in [5.41, 5.74) is 0.0980. The van der Waals surface area contributed by atoms with Gasteiger partial charge in [0.05, 0.1) is 12.2 Å². The molecule has 2 aliphatic heterocycles. The van der Waals surface area contributed by atoms with Crippen LogP contribution in [0.25, 0.3) is 0 Å². The summed E-state index contributed by atoms with van der Waals surface area (Å²) in [7, 11) is 0. The molecule has 2 aliphatic rings. The van der Waals surface area contributed by atoms with Gasteiger partial charge < -0.3 is 24.4 Å². The molecule has 3 heterocycles. The molecule has 0 amide bonds. The molecule has 0 saturated carbocycles.